The number of aliphatic hydroxyl groups is 1. The highest BCUT2D eigenvalue weighted by Gasteiger charge is 2.41. The summed E-state index contributed by atoms with van der Waals surface area (Å²) in [5.74, 6) is -0.125. The second kappa shape index (κ2) is 10.0. The quantitative estimate of drug-likeness (QED) is 0.187. The minimum absolute atomic E-state index is 0.0107. The lowest BCUT2D eigenvalue weighted by molar-refractivity contribution is -0.131. The summed E-state index contributed by atoms with van der Waals surface area (Å²) >= 11 is 1.27. The van der Waals surface area contributed by atoms with Crippen LogP contribution in [0.3, 0.4) is 0 Å². The third-order valence-electron chi connectivity index (χ3n) is 4.90. The van der Waals surface area contributed by atoms with E-state index in [1.807, 2.05) is 20.9 Å². The first kappa shape index (κ1) is 24.5. The molecule has 0 spiro atoms. The Labute approximate surface area is 186 Å². The third kappa shape index (κ3) is 5.90. The number of nitrogens with zero attached hydrogens (tertiary/aromatic N) is 3. The van der Waals surface area contributed by atoms with E-state index in [-0.39, 0.29) is 17.4 Å². The van der Waals surface area contributed by atoms with Gasteiger partial charge >= 0.3 is 0 Å². The molecule has 10 nitrogen and oxygen atoms in total. The van der Waals surface area contributed by atoms with Crippen LogP contribution in [0, 0.1) is 10.8 Å². The number of rotatable bonds is 9. The summed E-state index contributed by atoms with van der Waals surface area (Å²) in [7, 11) is 3.50. The van der Waals surface area contributed by atoms with Crippen molar-refractivity contribution in [3.05, 3.63) is 34.7 Å². The molecule has 31 heavy (non-hydrogen) atoms. The van der Waals surface area contributed by atoms with Crippen molar-refractivity contribution in [2.75, 3.05) is 27.2 Å². The van der Waals surface area contributed by atoms with E-state index in [4.69, 9.17) is 11.1 Å². The van der Waals surface area contributed by atoms with Crippen molar-refractivity contribution in [1.82, 2.24) is 25.8 Å². The van der Waals surface area contributed by atoms with Crippen LogP contribution in [0.15, 0.2) is 34.0 Å². The second-order valence-corrected chi connectivity index (χ2v) is 8.87. The van der Waals surface area contributed by atoms with Crippen LogP contribution in [0.4, 0.5) is 5.13 Å². The molecular formula is C20H32N8O2S. The number of aliphatic imine (C=N–C) groups is 1. The Kier molecular flexibility index (Phi) is 7.93. The first-order valence-electron chi connectivity index (χ1n) is 9.90. The van der Waals surface area contributed by atoms with Gasteiger partial charge in [0, 0.05) is 43.3 Å². The maximum atomic E-state index is 12.6. The molecule has 1 aliphatic rings. The fourth-order valence-corrected chi connectivity index (χ4v) is 3.76. The Morgan fingerprint density at radius 3 is 2.77 bits per heavy atom. The summed E-state index contributed by atoms with van der Waals surface area (Å²) in [6.07, 6.45) is 5.28. The number of aromatic nitrogens is 1. The van der Waals surface area contributed by atoms with E-state index in [9.17, 15) is 9.90 Å². The Hall–Kier alpha value is -2.76. The first-order valence-corrected chi connectivity index (χ1v) is 10.8. The highest BCUT2D eigenvalue weighted by Crippen LogP contribution is 2.32. The maximum Gasteiger partial charge on any atom is 0.233 e. The number of likely N-dealkylation sites (N-methyl/N-ethyl adjacent to an activating group) is 1. The zero-order chi connectivity index (χ0) is 23.2. The van der Waals surface area contributed by atoms with Crippen molar-refractivity contribution >= 4 is 34.4 Å². The average Bonchev–Trinajstić information content (AvgIpc) is 3.30. The van der Waals surface area contributed by atoms with Crippen LogP contribution in [0.1, 0.15) is 32.9 Å². The molecule has 1 atom stereocenters. The molecule has 2 heterocycles. The van der Waals surface area contributed by atoms with Gasteiger partial charge in [0.1, 0.15) is 5.69 Å². The number of amides is 1. The van der Waals surface area contributed by atoms with Gasteiger partial charge in [0.2, 0.25) is 11.0 Å². The molecule has 0 aromatic carbocycles. The third-order valence-corrected chi connectivity index (χ3v) is 5.65. The summed E-state index contributed by atoms with van der Waals surface area (Å²) in [5.41, 5.74) is 4.89. The molecule has 0 bridgehead atoms. The lowest BCUT2D eigenvalue weighted by atomic mass is 9.92. The number of carbonyl (C=O) groups excluding carboxylic acids is 1. The van der Waals surface area contributed by atoms with Crippen LogP contribution in [0.5, 0.6) is 0 Å². The molecule has 1 unspecified atom stereocenters. The average molecular weight is 449 g/mol. The van der Waals surface area contributed by atoms with Crippen molar-refractivity contribution in [2.45, 2.75) is 32.9 Å². The molecule has 0 aliphatic carbocycles. The summed E-state index contributed by atoms with van der Waals surface area (Å²) in [6.45, 7) is 6.30. The molecule has 1 fully saturated rings. The molecule has 7 N–H and O–H groups in total. The molecule has 0 saturated carbocycles. The van der Waals surface area contributed by atoms with E-state index in [1.165, 1.54) is 35.6 Å². The number of likely N-dealkylation sites (tertiary alicyclic amines) is 1. The maximum absolute atomic E-state index is 12.6. The number of hydrogen-bond acceptors (Lipinski definition) is 10. The molecule has 1 aliphatic heterocycles. The molecule has 11 heteroatoms. The molecule has 1 aromatic rings. The van der Waals surface area contributed by atoms with Crippen molar-refractivity contribution in [3.8, 4) is 0 Å². The van der Waals surface area contributed by atoms with Gasteiger partial charge in [-0.05, 0) is 32.2 Å². The Morgan fingerprint density at radius 2 is 2.23 bits per heavy atom. The normalized spacial score (nSPS) is 19.0. The van der Waals surface area contributed by atoms with Crippen molar-refractivity contribution in [2.24, 2.45) is 16.1 Å². The van der Waals surface area contributed by atoms with Gasteiger partial charge in [0.05, 0.1) is 5.70 Å². The van der Waals surface area contributed by atoms with Gasteiger partial charge in [-0.25, -0.2) is 9.98 Å². The van der Waals surface area contributed by atoms with E-state index < -0.39 is 11.1 Å². The number of carbonyl (C=O) groups is 1. The monoisotopic (exact) mass is 448 g/mol. The summed E-state index contributed by atoms with van der Waals surface area (Å²) in [4.78, 5) is 22.7. The van der Waals surface area contributed by atoms with Crippen LogP contribution < -0.4 is 21.7 Å². The van der Waals surface area contributed by atoms with Crippen molar-refractivity contribution in [3.63, 3.8) is 0 Å². The largest absolute Gasteiger partial charge is 0.404 e. The number of amidine groups is 1. The van der Waals surface area contributed by atoms with E-state index in [0.717, 1.165) is 5.57 Å². The lowest BCUT2D eigenvalue weighted by Crippen LogP contribution is -2.46. The topological polar surface area (TPSA) is 152 Å². The molecule has 1 amide bonds. The minimum Gasteiger partial charge on any atom is -0.404 e. The van der Waals surface area contributed by atoms with E-state index in [2.05, 4.69) is 25.9 Å². The fourth-order valence-electron chi connectivity index (χ4n) is 3.00. The summed E-state index contributed by atoms with van der Waals surface area (Å²) < 4.78 is 0. The van der Waals surface area contributed by atoms with Crippen LogP contribution in [0.25, 0.3) is 0 Å². The first-order chi connectivity index (χ1) is 14.6. The van der Waals surface area contributed by atoms with Gasteiger partial charge in [-0.3, -0.25) is 15.1 Å². The molecule has 1 saturated heterocycles. The number of nitrogens with one attached hydrogen (secondary N) is 4. The zero-order valence-electron chi connectivity index (χ0n) is 18.6. The smallest absolute Gasteiger partial charge is 0.233 e. The predicted molar refractivity (Wildman–Crippen MR) is 124 cm³/mol. The molecule has 1 aromatic heterocycles. The SMILES string of the molecule is CN/C=C(/NC(C)(O)c1csc(N=CC(=CN)CNC)n1)C(=N)N1CCC(C)(C)C1=O. The summed E-state index contributed by atoms with van der Waals surface area (Å²) in [5, 5.41) is 30.5. The highest BCUT2D eigenvalue weighted by molar-refractivity contribution is 7.13. The standard InChI is InChI=1S/C20H32N8O2S/c1-19(2)6-7-28(17(19)29)16(22)14(11-24-5)27-20(3,30)15-12-31-18(26-15)25-10-13(8-21)9-23-4/h8,10-12,22-24,27,30H,6-7,9,21H2,1-5H3/b13-8?,14-11+,22-16?,25-10?. The lowest BCUT2D eigenvalue weighted by Gasteiger charge is -2.29. The number of thiazole rings is 1. The van der Waals surface area contributed by atoms with Gasteiger partial charge in [-0.1, -0.05) is 13.8 Å². The molecule has 170 valence electrons. The van der Waals surface area contributed by atoms with Gasteiger partial charge in [0.25, 0.3) is 0 Å². The van der Waals surface area contributed by atoms with Gasteiger partial charge < -0.3 is 26.8 Å². The summed E-state index contributed by atoms with van der Waals surface area (Å²) in [6, 6.07) is 0. The number of nitrogens with two attached hydrogens (primary N) is 1. The highest BCUT2D eigenvalue weighted by atomic mass is 32.1. The van der Waals surface area contributed by atoms with Crippen LogP contribution >= 0.6 is 11.3 Å². The van der Waals surface area contributed by atoms with Crippen molar-refractivity contribution in [1.29, 1.82) is 5.41 Å². The van der Waals surface area contributed by atoms with E-state index in [1.54, 1.807) is 18.6 Å². The second-order valence-electron chi connectivity index (χ2n) is 8.03. The molecular weight excluding hydrogens is 416 g/mol. The van der Waals surface area contributed by atoms with Crippen LogP contribution in [-0.4, -0.2) is 60.1 Å². The molecule has 0 radical (unpaired) electrons. The van der Waals surface area contributed by atoms with Crippen molar-refractivity contribution < 1.29 is 9.90 Å². The molecule has 2 rings (SSSR count). The number of hydrogen-bond donors (Lipinski definition) is 6. The van der Waals surface area contributed by atoms with Crippen LogP contribution in [-0.2, 0) is 10.5 Å². The minimum atomic E-state index is -1.59. The Bertz CT molecular complexity index is 901. The van der Waals surface area contributed by atoms with Gasteiger partial charge in [0.15, 0.2) is 11.6 Å². The fraction of sp³-hybridized carbons (Fsp3) is 0.500. The zero-order valence-corrected chi connectivity index (χ0v) is 19.4. The predicted octanol–water partition coefficient (Wildman–Crippen LogP) is 0.959. The van der Waals surface area contributed by atoms with Gasteiger partial charge in [-0.2, -0.15) is 0 Å². The Balaban J connectivity index is 2.18. The van der Waals surface area contributed by atoms with Crippen LogP contribution in [0.2, 0.25) is 0 Å². The Morgan fingerprint density at radius 1 is 1.52 bits per heavy atom. The van der Waals surface area contributed by atoms with Gasteiger partial charge in [-0.15, -0.1) is 11.3 Å². The van der Waals surface area contributed by atoms with E-state index in [0.29, 0.717) is 30.3 Å². The van der Waals surface area contributed by atoms with E-state index >= 15 is 0 Å².